The molecule has 42 heavy (non-hydrogen) atoms. The maximum Gasteiger partial charge on any atom is 0.333 e. The van der Waals surface area contributed by atoms with E-state index in [0.717, 1.165) is 5.69 Å². The van der Waals surface area contributed by atoms with Crippen LogP contribution in [0.2, 0.25) is 0 Å². The number of rotatable bonds is 9. The van der Waals surface area contributed by atoms with E-state index in [2.05, 4.69) is 15.1 Å². The van der Waals surface area contributed by atoms with Crippen LogP contribution in [0.5, 0.6) is 0 Å². The number of aryl methyl sites for hydroxylation is 1. The summed E-state index contributed by atoms with van der Waals surface area (Å²) in [7, 11) is 0. The van der Waals surface area contributed by atoms with Gasteiger partial charge in [-0.1, -0.05) is 19.1 Å². The Morgan fingerprint density at radius 3 is 2.64 bits per heavy atom. The van der Waals surface area contributed by atoms with E-state index in [1.54, 1.807) is 28.9 Å². The highest BCUT2D eigenvalue weighted by Gasteiger charge is 2.66. The number of alkyl halides is 4. The van der Waals surface area contributed by atoms with Gasteiger partial charge in [-0.15, -0.1) is 0 Å². The monoisotopic (exact) mass is 582 g/mol. The first-order valence-corrected chi connectivity index (χ1v) is 13.9. The van der Waals surface area contributed by atoms with Crippen molar-refractivity contribution in [3.8, 4) is 11.1 Å². The van der Waals surface area contributed by atoms with Gasteiger partial charge >= 0.3 is 6.55 Å². The Labute approximate surface area is 239 Å². The summed E-state index contributed by atoms with van der Waals surface area (Å²) in [6, 6.07) is 4.11. The Balaban J connectivity index is 1.29. The van der Waals surface area contributed by atoms with Crippen molar-refractivity contribution in [1.29, 1.82) is 0 Å². The second-order valence-electron chi connectivity index (χ2n) is 11.4. The number of carbonyl (C=O) groups excluding carboxylic acids is 2. The first-order chi connectivity index (χ1) is 19.9. The number of benzene rings is 1. The summed E-state index contributed by atoms with van der Waals surface area (Å²) in [5, 5.41) is 3.62. The lowest BCUT2D eigenvalue weighted by Gasteiger charge is -2.26. The zero-order chi connectivity index (χ0) is 30.0. The fourth-order valence-corrected chi connectivity index (χ4v) is 6.32. The van der Waals surface area contributed by atoms with Gasteiger partial charge in [-0.2, -0.15) is 13.9 Å². The number of likely N-dealkylation sites (tertiary alicyclic amines) is 1. The number of fused-ring (bicyclic) bond motifs is 1. The number of nitrogens with zero attached hydrogens (tertiary/aromatic N) is 6. The molecule has 1 amide bonds. The molecule has 4 aromatic rings. The van der Waals surface area contributed by atoms with Crippen LogP contribution in [0.1, 0.15) is 68.0 Å². The molecular weight excluding hydrogens is 552 g/mol. The van der Waals surface area contributed by atoms with Gasteiger partial charge in [-0.05, 0) is 55.4 Å². The molecule has 12 heteroatoms. The molecule has 220 valence electrons. The number of ketones is 1. The van der Waals surface area contributed by atoms with Gasteiger partial charge < -0.3 is 4.90 Å². The molecule has 1 aliphatic heterocycles. The molecule has 4 heterocycles. The van der Waals surface area contributed by atoms with Gasteiger partial charge in [0, 0.05) is 55.3 Å². The molecule has 1 spiro atoms. The molecular formula is C30H30F4N6O2. The van der Waals surface area contributed by atoms with Gasteiger partial charge in [0.2, 0.25) is 11.7 Å². The Hall–Kier alpha value is -4.09. The maximum absolute atomic E-state index is 15.4. The maximum atomic E-state index is 15.4. The molecule has 3 aromatic heterocycles. The molecule has 8 nitrogen and oxygen atoms in total. The molecule has 2 fully saturated rings. The summed E-state index contributed by atoms with van der Waals surface area (Å²) >= 11 is 0. The molecule has 3 unspecified atom stereocenters. The number of halogens is 4. The van der Waals surface area contributed by atoms with E-state index in [9.17, 15) is 18.4 Å². The molecule has 0 radical (unpaired) electrons. The Bertz CT molecular complexity index is 1700. The van der Waals surface area contributed by atoms with Crippen molar-refractivity contribution in [1.82, 2.24) is 29.0 Å². The molecule has 1 aromatic carbocycles. The van der Waals surface area contributed by atoms with Gasteiger partial charge in [0.1, 0.15) is 0 Å². The first-order valence-electron chi connectivity index (χ1n) is 13.9. The Morgan fingerprint density at radius 2 is 1.95 bits per heavy atom. The van der Waals surface area contributed by atoms with Crippen LogP contribution < -0.4 is 0 Å². The van der Waals surface area contributed by atoms with Crippen LogP contribution in [-0.2, 0) is 21.9 Å². The molecule has 1 saturated heterocycles. The van der Waals surface area contributed by atoms with Crippen LogP contribution in [0.15, 0.2) is 49.2 Å². The molecule has 6 rings (SSSR count). The van der Waals surface area contributed by atoms with Crippen LogP contribution in [0, 0.1) is 12.3 Å². The van der Waals surface area contributed by atoms with E-state index in [1.807, 2.05) is 13.1 Å². The summed E-state index contributed by atoms with van der Waals surface area (Å²) < 4.78 is 59.1. The van der Waals surface area contributed by atoms with E-state index >= 15 is 8.78 Å². The van der Waals surface area contributed by atoms with Gasteiger partial charge in [-0.25, -0.2) is 23.4 Å². The Kier molecular flexibility index (Phi) is 6.69. The van der Waals surface area contributed by atoms with E-state index in [0.29, 0.717) is 45.6 Å². The van der Waals surface area contributed by atoms with Gasteiger partial charge in [0.15, 0.2) is 5.78 Å². The molecule has 2 aliphatic rings. The zero-order valence-corrected chi connectivity index (χ0v) is 23.4. The number of hydrogen-bond donors (Lipinski definition) is 0. The van der Waals surface area contributed by atoms with Crippen molar-refractivity contribution >= 4 is 17.5 Å². The SMILES string of the molecule is CCC(F)(F)c1cc(-c2cnc3nc(C)cn3c2)ccc1C1CC12CCN(C(Cc1cnn(C(F)F)c1)C(C)=O)C2=O. The fourth-order valence-electron chi connectivity index (χ4n) is 6.32. The van der Waals surface area contributed by atoms with Gasteiger partial charge in [0.25, 0.3) is 5.92 Å². The van der Waals surface area contributed by atoms with Crippen LogP contribution in [0.4, 0.5) is 17.6 Å². The van der Waals surface area contributed by atoms with E-state index in [-0.39, 0.29) is 30.2 Å². The van der Waals surface area contributed by atoms with Crippen molar-refractivity contribution < 1.29 is 27.2 Å². The zero-order valence-electron chi connectivity index (χ0n) is 23.4. The number of imidazole rings is 1. The molecule has 3 atom stereocenters. The summed E-state index contributed by atoms with van der Waals surface area (Å²) in [6.45, 7) is 2.11. The normalized spacial score (nSPS) is 21.2. The number of hydrogen-bond acceptors (Lipinski definition) is 5. The lowest BCUT2D eigenvalue weighted by atomic mass is 9.89. The van der Waals surface area contributed by atoms with Crippen molar-refractivity contribution in [2.45, 2.75) is 70.9 Å². The van der Waals surface area contributed by atoms with E-state index in [1.165, 1.54) is 37.2 Å². The number of amides is 1. The highest BCUT2D eigenvalue weighted by molar-refractivity contribution is 5.94. The number of carbonyl (C=O) groups is 2. The van der Waals surface area contributed by atoms with E-state index in [4.69, 9.17) is 0 Å². The van der Waals surface area contributed by atoms with Crippen molar-refractivity contribution in [3.05, 3.63) is 71.6 Å². The summed E-state index contributed by atoms with van der Waals surface area (Å²) in [4.78, 5) is 36.6. The predicted octanol–water partition coefficient (Wildman–Crippen LogP) is 5.70. The minimum atomic E-state index is -3.12. The second-order valence-corrected chi connectivity index (χ2v) is 11.4. The summed E-state index contributed by atoms with van der Waals surface area (Å²) in [6.07, 6.45) is 8.13. The average Bonchev–Trinajstić information content (AvgIpc) is 3.19. The molecule has 1 aliphatic carbocycles. The fraction of sp³-hybridized carbons (Fsp3) is 0.433. The number of aromatic nitrogens is 5. The topological polar surface area (TPSA) is 85.4 Å². The second kappa shape index (κ2) is 10.0. The van der Waals surface area contributed by atoms with Crippen LogP contribution >= 0.6 is 0 Å². The van der Waals surface area contributed by atoms with Crippen molar-refractivity contribution in [2.75, 3.05) is 6.54 Å². The van der Waals surface area contributed by atoms with Crippen molar-refractivity contribution in [2.24, 2.45) is 5.41 Å². The molecule has 1 saturated carbocycles. The summed E-state index contributed by atoms with van der Waals surface area (Å²) in [5.41, 5.74) is 1.90. The Morgan fingerprint density at radius 1 is 1.17 bits per heavy atom. The number of Topliss-reactive ketones (excluding diaryl/α,β-unsaturated/α-hetero) is 1. The van der Waals surface area contributed by atoms with Crippen LogP contribution in [0.3, 0.4) is 0 Å². The first kappa shape index (κ1) is 28.0. The van der Waals surface area contributed by atoms with Gasteiger partial charge in [-0.3, -0.25) is 14.0 Å². The lowest BCUT2D eigenvalue weighted by Crippen LogP contribution is -2.43. The van der Waals surface area contributed by atoms with Crippen LogP contribution in [-0.4, -0.2) is 53.3 Å². The minimum Gasteiger partial charge on any atom is -0.332 e. The third-order valence-electron chi connectivity index (χ3n) is 8.72. The quantitative estimate of drug-likeness (QED) is 0.236. The third kappa shape index (κ3) is 4.66. The predicted molar refractivity (Wildman–Crippen MR) is 145 cm³/mol. The van der Waals surface area contributed by atoms with E-state index < -0.39 is 36.3 Å². The highest BCUT2D eigenvalue weighted by Crippen LogP contribution is 2.66. The smallest absolute Gasteiger partial charge is 0.332 e. The third-order valence-corrected chi connectivity index (χ3v) is 8.72. The summed E-state index contributed by atoms with van der Waals surface area (Å²) in [5.74, 6) is -3.55. The van der Waals surface area contributed by atoms with Crippen molar-refractivity contribution in [3.63, 3.8) is 0 Å². The largest absolute Gasteiger partial charge is 0.333 e. The van der Waals surface area contributed by atoms with Crippen LogP contribution in [0.25, 0.3) is 16.9 Å². The minimum absolute atomic E-state index is 0.0528. The molecule has 0 bridgehead atoms. The average molecular weight is 583 g/mol. The lowest BCUT2D eigenvalue weighted by molar-refractivity contribution is -0.138. The highest BCUT2D eigenvalue weighted by atomic mass is 19.3. The standard InChI is InChI=1S/C30H30F4N6O2/c1-4-30(33,34)23-10-20(21-13-35-28-37-17(2)14-38(28)16-21)5-6-22(23)24-11-29(24)7-8-39(26(29)42)25(18(3)41)9-19-12-36-40(15-19)27(31)32/h5-6,10,12-16,24-25,27H,4,7-9,11H2,1-3H3. The molecule has 0 N–H and O–H groups in total. The van der Waals surface area contributed by atoms with Gasteiger partial charge in [0.05, 0.1) is 23.3 Å².